The smallest absolute Gasteiger partial charge is 0.228 e. The van der Waals surface area contributed by atoms with Gasteiger partial charge in [-0.15, -0.1) is 11.3 Å². The summed E-state index contributed by atoms with van der Waals surface area (Å²) in [6.07, 6.45) is 3.76. The van der Waals surface area contributed by atoms with Crippen LogP contribution in [0, 0.1) is 0 Å². The Morgan fingerprint density at radius 2 is 1.70 bits per heavy atom. The molecule has 142 valence electrons. The lowest BCUT2D eigenvalue weighted by atomic mass is 10.2. The maximum absolute atomic E-state index is 5.88. The summed E-state index contributed by atoms with van der Waals surface area (Å²) in [6, 6.07) is 0. The van der Waals surface area contributed by atoms with Crippen molar-refractivity contribution in [2.75, 3.05) is 49.2 Å². The highest BCUT2D eigenvalue weighted by Gasteiger charge is 2.27. The Bertz CT molecular complexity index is 963. The maximum atomic E-state index is 5.88. The zero-order valence-electron chi connectivity index (χ0n) is 15.5. The van der Waals surface area contributed by atoms with Crippen LogP contribution in [0.4, 0.5) is 11.8 Å². The predicted molar refractivity (Wildman–Crippen MR) is 106 cm³/mol. The second-order valence-corrected chi connectivity index (χ2v) is 8.10. The third-order valence-electron chi connectivity index (χ3n) is 4.94. The van der Waals surface area contributed by atoms with Crippen molar-refractivity contribution >= 4 is 43.7 Å². The van der Waals surface area contributed by atoms with E-state index in [1.54, 1.807) is 23.7 Å². The Kier molecular flexibility index (Phi) is 4.30. The minimum Gasteiger partial charge on any atom is -0.378 e. The van der Waals surface area contributed by atoms with Crippen molar-refractivity contribution in [2.24, 2.45) is 0 Å². The van der Waals surface area contributed by atoms with Crippen molar-refractivity contribution in [1.82, 2.24) is 19.9 Å². The zero-order chi connectivity index (χ0) is 18.4. The molecule has 9 heteroatoms. The molecule has 5 rings (SSSR count). The average molecular weight is 386 g/mol. The summed E-state index contributed by atoms with van der Waals surface area (Å²) in [5, 5.41) is 0. The lowest BCUT2D eigenvalue weighted by Gasteiger charge is -2.36. The molecule has 0 N–H and O–H groups in total. The van der Waals surface area contributed by atoms with Gasteiger partial charge >= 0.3 is 0 Å². The van der Waals surface area contributed by atoms with Gasteiger partial charge in [-0.25, -0.2) is 15.0 Å². The number of hydrogen-bond donors (Lipinski definition) is 0. The Balaban J connectivity index is 1.68. The van der Waals surface area contributed by atoms with E-state index in [1.165, 1.54) is 0 Å². The Morgan fingerprint density at radius 1 is 0.963 bits per heavy atom. The fourth-order valence-electron chi connectivity index (χ4n) is 3.81. The van der Waals surface area contributed by atoms with Gasteiger partial charge in [-0.05, 0) is 13.8 Å². The molecule has 0 spiro atoms. The Morgan fingerprint density at radius 3 is 2.48 bits per heavy atom. The summed E-state index contributed by atoms with van der Waals surface area (Å²) in [7, 11) is 0. The molecule has 2 aliphatic heterocycles. The first-order valence-electron chi connectivity index (χ1n) is 9.33. The first kappa shape index (κ1) is 17.0. The van der Waals surface area contributed by atoms with Gasteiger partial charge in [0.25, 0.3) is 0 Å². The molecule has 2 saturated heterocycles. The molecule has 0 bridgehead atoms. The standard InChI is InChI=1S/C18H22N6O2S/c1-11-9-24(10-12(2)26-11)18-21-13-14-17(20-4-3-19-14)27-15(13)16(22-18)23-5-7-25-8-6-23/h3-4,11-12H,5-10H2,1-2H3/t11-,12+. The first-order valence-corrected chi connectivity index (χ1v) is 10.1. The molecule has 3 aromatic rings. The Labute approximate surface area is 161 Å². The average Bonchev–Trinajstić information content (AvgIpc) is 3.06. The molecule has 8 nitrogen and oxygen atoms in total. The fraction of sp³-hybridized carbons (Fsp3) is 0.556. The van der Waals surface area contributed by atoms with E-state index in [0.29, 0.717) is 13.2 Å². The monoisotopic (exact) mass is 386 g/mol. The molecule has 2 fully saturated rings. The van der Waals surface area contributed by atoms with Crippen LogP contribution in [0.3, 0.4) is 0 Å². The van der Waals surface area contributed by atoms with Gasteiger partial charge in [0.15, 0.2) is 5.82 Å². The largest absolute Gasteiger partial charge is 0.378 e. The van der Waals surface area contributed by atoms with Gasteiger partial charge in [-0.2, -0.15) is 4.98 Å². The molecular weight excluding hydrogens is 364 g/mol. The van der Waals surface area contributed by atoms with Crippen LogP contribution in [0.15, 0.2) is 12.4 Å². The van der Waals surface area contributed by atoms with E-state index >= 15 is 0 Å². The number of hydrogen-bond acceptors (Lipinski definition) is 9. The summed E-state index contributed by atoms with van der Waals surface area (Å²) >= 11 is 1.61. The third kappa shape index (κ3) is 3.09. The molecule has 0 unspecified atom stereocenters. The number of morpholine rings is 2. The highest BCUT2D eigenvalue weighted by molar-refractivity contribution is 7.25. The van der Waals surface area contributed by atoms with Crippen molar-refractivity contribution in [3.63, 3.8) is 0 Å². The van der Waals surface area contributed by atoms with Gasteiger partial charge in [0.2, 0.25) is 5.95 Å². The number of ether oxygens (including phenoxy) is 2. The molecule has 0 amide bonds. The third-order valence-corrected chi connectivity index (χ3v) is 6.01. The normalized spacial score (nSPS) is 24.1. The van der Waals surface area contributed by atoms with E-state index < -0.39 is 0 Å². The second-order valence-electron chi connectivity index (χ2n) is 7.10. The van der Waals surface area contributed by atoms with Gasteiger partial charge < -0.3 is 19.3 Å². The second kappa shape index (κ2) is 6.81. The van der Waals surface area contributed by atoms with Crippen LogP contribution in [0.1, 0.15) is 13.8 Å². The lowest BCUT2D eigenvalue weighted by Crippen LogP contribution is -2.46. The quantitative estimate of drug-likeness (QED) is 0.663. The van der Waals surface area contributed by atoms with Crippen LogP contribution in [0.5, 0.6) is 0 Å². The van der Waals surface area contributed by atoms with E-state index in [-0.39, 0.29) is 12.2 Å². The zero-order valence-corrected chi connectivity index (χ0v) is 16.3. The molecular formula is C18H22N6O2S. The summed E-state index contributed by atoms with van der Waals surface area (Å²) in [4.78, 5) is 24.4. The summed E-state index contributed by atoms with van der Waals surface area (Å²) in [5.74, 6) is 1.71. The molecule has 0 radical (unpaired) electrons. The van der Waals surface area contributed by atoms with Crippen molar-refractivity contribution in [3.8, 4) is 0 Å². The first-order chi connectivity index (χ1) is 13.2. The van der Waals surface area contributed by atoms with E-state index in [0.717, 1.165) is 58.5 Å². The van der Waals surface area contributed by atoms with E-state index in [9.17, 15) is 0 Å². The van der Waals surface area contributed by atoms with Gasteiger partial charge in [-0.1, -0.05) is 0 Å². The van der Waals surface area contributed by atoms with Crippen molar-refractivity contribution in [1.29, 1.82) is 0 Å². The number of anilines is 2. The maximum Gasteiger partial charge on any atom is 0.228 e. The van der Waals surface area contributed by atoms with Crippen molar-refractivity contribution in [2.45, 2.75) is 26.1 Å². The Hall–Kier alpha value is -2.10. The minimum atomic E-state index is 0.152. The molecule has 5 heterocycles. The van der Waals surface area contributed by atoms with Crippen LogP contribution >= 0.6 is 11.3 Å². The molecule has 0 aliphatic carbocycles. The highest BCUT2D eigenvalue weighted by atomic mass is 32.1. The molecule has 2 atom stereocenters. The van der Waals surface area contributed by atoms with Gasteiger partial charge in [0.05, 0.1) is 25.4 Å². The van der Waals surface area contributed by atoms with Gasteiger partial charge in [-0.3, -0.25) is 0 Å². The van der Waals surface area contributed by atoms with Crippen LogP contribution in [0.2, 0.25) is 0 Å². The van der Waals surface area contributed by atoms with Gasteiger partial charge in [0.1, 0.15) is 20.6 Å². The fourth-order valence-corrected chi connectivity index (χ4v) is 4.87. The summed E-state index contributed by atoms with van der Waals surface area (Å²) in [6.45, 7) is 8.85. The topological polar surface area (TPSA) is 76.5 Å². The molecule has 0 aromatic carbocycles. The van der Waals surface area contributed by atoms with Crippen molar-refractivity contribution < 1.29 is 9.47 Å². The number of fused-ring (bicyclic) bond motifs is 3. The van der Waals surface area contributed by atoms with Crippen LogP contribution in [-0.4, -0.2) is 71.5 Å². The number of thiophene rings is 1. The molecule has 27 heavy (non-hydrogen) atoms. The highest BCUT2D eigenvalue weighted by Crippen LogP contribution is 2.37. The number of aromatic nitrogens is 4. The summed E-state index contributed by atoms with van der Waals surface area (Å²) < 4.78 is 12.5. The SMILES string of the molecule is C[C@@H]1CN(c2nc(N3CCOCC3)c3sc4nccnc4c3n2)C[C@H](C)O1. The number of nitrogens with zero attached hydrogens (tertiary/aromatic N) is 6. The molecule has 3 aromatic heterocycles. The van der Waals surface area contributed by atoms with Crippen LogP contribution in [0.25, 0.3) is 20.6 Å². The van der Waals surface area contributed by atoms with E-state index in [4.69, 9.17) is 19.4 Å². The minimum absolute atomic E-state index is 0.152. The van der Waals surface area contributed by atoms with Gasteiger partial charge in [0, 0.05) is 38.6 Å². The van der Waals surface area contributed by atoms with Crippen LogP contribution in [-0.2, 0) is 9.47 Å². The molecule has 0 saturated carbocycles. The van der Waals surface area contributed by atoms with E-state index in [2.05, 4.69) is 33.6 Å². The molecule has 2 aliphatic rings. The lowest BCUT2D eigenvalue weighted by molar-refractivity contribution is -0.00569. The van der Waals surface area contributed by atoms with Crippen LogP contribution < -0.4 is 9.80 Å². The number of rotatable bonds is 2. The van der Waals surface area contributed by atoms with Crippen molar-refractivity contribution in [3.05, 3.63) is 12.4 Å². The summed E-state index contributed by atoms with van der Waals surface area (Å²) in [5.41, 5.74) is 1.74. The predicted octanol–water partition coefficient (Wildman–Crippen LogP) is 2.08. The van der Waals surface area contributed by atoms with E-state index in [1.807, 2.05) is 0 Å².